The zero-order valence-electron chi connectivity index (χ0n) is 8.41. The molecule has 0 bridgehead atoms. The minimum absolute atomic E-state index is 0.0959. The monoisotopic (exact) mass is 179 g/mol. The van der Waals surface area contributed by atoms with Crippen molar-refractivity contribution < 1.29 is 0 Å². The summed E-state index contributed by atoms with van der Waals surface area (Å²) >= 11 is 0. The molecule has 72 valence electrons. The molecule has 1 aromatic heterocycles. The third-order valence-corrected chi connectivity index (χ3v) is 2.29. The Morgan fingerprint density at radius 3 is 2.38 bits per heavy atom. The highest BCUT2D eigenvalue weighted by Crippen LogP contribution is 2.15. The lowest BCUT2D eigenvalue weighted by molar-refractivity contribution is 0.471. The Hall–Kier alpha value is -1.09. The second kappa shape index (κ2) is 3.75. The van der Waals surface area contributed by atoms with Crippen LogP contribution in [0.25, 0.3) is 0 Å². The van der Waals surface area contributed by atoms with E-state index in [1.807, 2.05) is 19.1 Å². The van der Waals surface area contributed by atoms with Gasteiger partial charge in [-0.1, -0.05) is 0 Å². The highest BCUT2D eigenvalue weighted by Gasteiger charge is 2.21. The molecule has 0 aliphatic rings. The number of hydrogen-bond donors (Lipinski definition) is 2. The van der Waals surface area contributed by atoms with Crippen molar-refractivity contribution in [3.63, 3.8) is 0 Å². The molecule has 0 aromatic carbocycles. The molecule has 13 heavy (non-hydrogen) atoms. The predicted molar refractivity (Wildman–Crippen MR) is 55.6 cm³/mol. The molecule has 1 heterocycles. The molecule has 3 heteroatoms. The molecule has 0 saturated heterocycles. The summed E-state index contributed by atoms with van der Waals surface area (Å²) in [4.78, 5) is 3.95. The van der Waals surface area contributed by atoms with Gasteiger partial charge in [-0.15, -0.1) is 0 Å². The second-order valence-electron chi connectivity index (χ2n) is 3.87. The van der Waals surface area contributed by atoms with Crippen molar-refractivity contribution in [1.82, 2.24) is 4.98 Å². The molecule has 0 amide bonds. The zero-order valence-corrected chi connectivity index (χ0v) is 8.41. The summed E-state index contributed by atoms with van der Waals surface area (Å²) in [7, 11) is 0. The SMILES string of the molecule is CC(N)C(C)(C)Nc1ccncc1. The Labute approximate surface area is 79.4 Å². The molecule has 0 saturated carbocycles. The van der Waals surface area contributed by atoms with E-state index in [9.17, 15) is 0 Å². The molecule has 0 spiro atoms. The number of rotatable bonds is 3. The minimum Gasteiger partial charge on any atom is -0.379 e. The normalized spacial score (nSPS) is 13.8. The van der Waals surface area contributed by atoms with E-state index in [4.69, 9.17) is 5.73 Å². The Balaban J connectivity index is 2.69. The van der Waals surface area contributed by atoms with Gasteiger partial charge in [-0.05, 0) is 32.9 Å². The quantitative estimate of drug-likeness (QED) is 0.741. The van der Waals surface area contributed by atoms with Gasteiger partial charge < -0.3 is 11.1 Å². The van der Waals surface area contributed by atoms with E-state index >= 15 is 0 Å². The van der Waals surface area contributed by atoms with E-state index in [1.165, 1.54) is 0 Å². The smallest absolute Gasteiger partial charge is 0.0465 e. The van der Waals surface area contributed by atoms with Crippen LogP contribution in [0.2, 0.25) is 0 Å². The molecule has 1 unspecified atom stereocenters. The van der Waals surface area contributed by atoms with E-state index in [-0.39, 0.29) is 11.6 Å². The molecule has 1 rings (SSSR count). The van der Waals surface area contributed by atoms with Crippen LogP contribution in [0, 0.1) is 0 Å². The average molecular weight is 179 g/mol. The Morgan fingerprint density at radius 1 is 1.38 bits per heavy atom. The number of pyridine rings is 1. The largest absolute Gasteiger partial charge is 0.379 e. The highest BCUT2D eigenvalue weighted by atomic mass is 15.0. The predicted octanol–water partition coefficient (Wildman–Crippen LogP) is 1.62. The maximum absolute atomic E-state index is 5.84. The van der Waals surface area contributed by atoms with Gasteiger partial charge in [0, 0.05) is 29.7 Å². The van der Waals surface area contributed by atoms with Gasteiger partial charge in [0.2, 0.25) is 0 Å². The summed E-state index contributed by atoms with van der Waals surface area (Å²) in [6, 6.07) is 3.97. The van der Waals surface area contributed by atoms with Crippen molar-refractivity contribution in [1.29, 1.82) is 0 Å². The van der Waals surface area contributed by atoms with E-state index in [0.717, 1.165) is 5.69 Å². The van der Waals surface area contributed by atoms with Gasteiger partial charge in [0.25, 0.3) is 0 Å². The maximum atomic E-state index is 5.84. The van der Waals surface area contributed by atoms with Crippen molar-refractivity contribution in [2.24, 2.45) is 5.73 Å². The number of hydrogen-bond acceptors (Lipinski definition) is 3. The van der Waals surface area contributed by atoms with Gasteiger partial charge in [-0.3, -0.25) is 4.98 Å². The van der Waals surface area contributed by atoms with Gasteiger partial charge in [0.15, 0.2) is 0 Å². The second-order valence-corrected chi connectivity index (χ2v) is 3.87. The number of nitrogens with one attached hydrogen (secondary N) is 1. The Bertz CT molecular complexity index is 254. The summed E-state index contributed by atoms with van der Waals surface area (Å²) in [5, 5.41) is 3.35. The molecule has 3 nitrogen and oxygen atoms in total. The summed E-state index contributed by atoms with van der Waals surface area (Å²) < 4.78 is 0. The Kier molecular flexibility index (Phi) is 2.88. The average Bonchev–Trinajstić information content (AvgIpc) is 2.05. The van der Waals surface area contributed by atoms with E-state index in [1.54, 1.807) is 12.4 Å². The number of nitrogens with zero attached hydrogens (tertiary/aromatic N) is 1. The van der Waals surface area contributed by atoms with Crippen LogP contribution >= 0.6 is 0 Å². The first-order chi connectivity index (χ1) is 6.02. The van der Waals surface area contributed by atoms with Crippen LogP contribution in [0.5, 0.6) is 0 Å². The van der Waals surface area contributed by atoms with Gasteiger partial charge in [-0.25, -0.2) is 0 Å². The first-order valence-electron chi connectivity index (χ1n) is 4.46. The van der Waals surface area contributed by atoms with Crippen molar-refractivity contribution in [2.75, 3.05) is 5.32 Å². The van der Waals surface area contributed by atoms with Crippen molar-refractivity contribution in [3.05, 3.63) is 24.5 Å². The van der Waals surface area contributed by atoms with E-state index < -0.39 is 0 Å². The standard InChI is InChI=1S/C10H17N3/c1-8(11)10(2,3)13-9-4-6-12-7-5-9/h4-8H,11H2,1-3H3,(H,12,13). The third-order valence-electron chi connectivity index (χ3n) is 2.29. The third kappa shape index (κ3) is 2.70. The van der Waals surface area contributed by atoms with Crippen molar-refractivity contribution in [2.45, 2.75) is 32.4 Å². The molecule has 3 N–H and O–H groups in total. The van der Waals surface area contributed by atoms with Crippen molar-refractivity contribution >= 4 is 5.69 Å². The van der Waals surface area contributed by atoms with Gasteiger partial charge in [-0.2, -0.15) is 0 Å². The molecular formula is C10H17N3. The molecule has 0 radical (unpaired) electrons. The molecule has 0 fully saturated rings. The van der Waals surface area contributed by atoms with Crippen LogP contribution in [-0.4, -0.2) is 16.6 Å². The molecule has 0 aliphatic carbocycles. The van der Waals surface area contributed by atoms with Crippen LogP contribution in [0.4, 0.5) is 5.69 Å². The summed E-state index contributed by atoms with van der Waals surface area (Å²) in [6.07, 6.45) is 3.53. The van der Waals surface area contributed by atoms with Crippen LogP contribution in [0.1, 0.15) is 20.8 Å². The van der Waals surface area contributed by atoms with E-state index in [0.29, 0.717) is 0 Å². The highest BCUT2D eigenvalue weighted by molar-refractivity contribution is 5.43. The van der Waals surface area contributed by atoms with Gasteiger partial charge in [0.05, 0.1) is 0 Å². The van der Waals surface area contributed by atoms with Crippen LogP contribution in [-0.2, 0) is 0 Å². The summed E-state index contributed by atoms with van der Waals surface area (Å²) in [6.45, 7) is 6.16. The number of anilines is 1. The zero-order chi connectivity index (χ0) is 9.90. The molecule has 0 aliphatic heterocycles. The minimum atomic E-state index is -0.0959. The first kappa shape index (κ1) is 9.99. The fourth-order valence-corrected chi connectivity index (χ4v) is 0.921. The molecule has 1 aromatic rings. The van der Waals surface area contributed by atoms with Gasteiger partial charge >= 0.3 is 0 Å². The van der Waals surface area contributed by atoms with Crippen LogP contribution < -0.4 is 11.1 Å². The topological polar surface area (TPSA) is 50.9 Å². The van der Waals surface area contributed by atoms with Crippen LogP contribution in [0.15, 0.2) is 24.5 Å². The van der Waals surface area contributed by atoms with Crippen molar-refractivity contribution in [3.8, 4) is 0 Å². The Morgan fingerprint density at radius 2 is 1.92 bits per heavy atom. The maximum Gasteiger partial charge on any atom is 0.0465 e. The summed E-state index contributed by atoms with van der Waals surface area (Å²) in [5.74, 6) is 0. The fourth-order valence-electron chi connectivity index (χ4n) is 0.921. The lowest BCUT2D eigenvalue weighted by Gasteiger charge is -2.31. The van der Waals surface area contributed by atoms with Crippen LogP contribution in [0.3, 0.4) is 0 Å². The first-order valence-corrected chi connectivity index (χ1v) is 4.46. The van der Waals surface area contributed by atoms with E-state index in [2.05, 4.69) is 24.1 Å². The lowest BCUT2D eigenvalue weighted by Crippen LogP contribution is -2.47. The lowest BCUT2D eigenvalue weighted by atomic mass is 9.96. The number of aromatic nitrogens is 1. The van der Waals surface area contributed by atoms with Gasteiger partial charge in [0.1, 0.15) is 0 Å². The molecular weight excluding hydrogens is 162 g/mol. The number of nitrogens with two attached hydrogens (primary N) is 1. The summed E-state index contributed by atoms with van der Waals surface area (Å²) in [5.41, 5.74) is 6.80. The fraction of sp³-hybridized carbons (Fsp3) is 0.500. The molecule has 1 atom stereocenters.